The quantitative estimate of drug-likeness (QED) is 0.408. The number of aryl methyl sites for hydroxylation is 3. The SMILES string of the molecule is Cc1cccc(C(=O)[O][Ga]([O]C(=O)c2cccc(C)c2C)[O]C(=O)c2cccc(C)c2C)c1C. The summed E-state index contributed by atoms with van der Waals surface area (Å²) in [6.07, 6.45) is 0. The molecule has 0 atom stereocenters. The average Bonchev–Trinajstić information content (AvgIpc) is 2.79. The fourth-order valence-electron chi connectivity index (χ4n) is 3.44. The summed E-state index contributed by atoms with van der Waals surface area (Å²) in [4.78, 5) is 38.8. The minimum atomic E-state index is -4.17. The molecule has 3 rings (SSSR count). The van der Waals surface area contributed by atoms with Gasteiger partial charge in [0.1, 0.15) is 0 Å². The van der Waals surface area contributed by atoms with E-state index in [0.717, 1.165) is 33.4 Å². The molecule has 0 amide bonds. The van der Waals surface area contributed by atoms with Crippen LogP contribution in [0.4, 0.5) is 0 Å². The first kappa shape index (κ1) is 25.3. The van der Waals surface area contributed by atoms with E-state index >= 15 is 0 Å². The van der Waals surface area contributed by atoms with Crippen LogP contribution in [0.1, 0.15) is 64.5 Å². The number of carbonyl (C=O) groups excluding carboxylic acids is 3. The van der Waals surface area contributed by atoms with E-state index in [1.807, 2.05) is 39.0 Å². The van der Waals surface area contributed by atoms with Crippen molar-refractivity contribution >= 4 is 35.2 Å². The van der Waals surface area contributed by atoms with Crippen molar-refractivity contribution in [1.29, 1.82) is 0 Å². The summed E-state index contributed by atoms with van der Waals surface area (Å²) in [5.74, 6) is -2.06. The molecule has 0 aliphatic carbocycles. The zero-order chi connectivity index (χ0) is 25.0. The summed E-state index contributed by atoms with van der Waals surface area (Å²) >= 11 is -4.17. The van der Waals surface area contributed by atoms with Crippen LogP contribution >= 0.6 is 0 Å². The van der Waals surface area contributed by atoms with Gasteiger partial charge in [0.25, 0.3) is 0 Å². The molecule has 3 aromatic carbocycles. The van der Waals surface area contributed by atoms with Crippen LogP contribution in [0.15, 0.2) is 54.6 Å². The van der Waals surface area contributed by atoms with Gasteiger partial charge in [-0.15, -0.1) is 0 Å². The molecule has 0 aliphatic rings. The number of rotatable bonds is 6. The standard InChI is InChI=1S/3C9H10O2.Ga/c3*1-6-4-3-5-8(7(6)2)9(10)11;/h3*3-5H,1-2H3,(H,10,11);/q;;;+3/p-3. The maximum atomic E-state index is 12.9. The van der Waals surface area contributed by atoms with Crippen LogP contribution in [0.25, 0.3) is 0 Å². The second kappa shape index (κ2) is 10.8. The molecule has 0 aliphatic heterocycles. The van der Waals surface area contributed by atoms with Crippen molar-refractivity contribution in [2.24, 2.45) is 0 Å². The van der Waals surface area contributed by atoms with Gasteiger partial charge in [-0.3, -0.25) is 0 Å². The minimum absolute atomic E-state index is 0.334. The van der Waals surface area contributed by atoms with Gasteiger partial charge in [0.15, 0.2) is 0 Å². The molecule has 0 fully saturated rings. The predicted octanol–water partition coefficient (Wildman–Crippen LogP) is 5.39. The molecule has 0 heterocycles. The van der Waals surface area contributed by atoms with Crippen LogP contribution in [0.3, 0.4) is 0 Å². The van der Waals surface area contributed by atoms with E-state index < -0.39 is 35.2 Å². The van der Waals surface area contributed by atoms with Gasteiger partial charge in [-0.05, 0) is 0 Å². The van der Waals surface area contributed by atoms with Gasteiger partial charge < -0.3 is 0 Å². The summed E-state index contributed by atoms with van der Waals surface area (Å²) in [5, 5.41) is 0. The fraction of sp³-hybridized carbons (Fsp3) is 0.222. The van der Waals surface area contributed by atoms with Gasteiger partial charge >= 0.3 is 206 Å². The monoisotopic (exact) mass is 516 g/mol. The Morgan fingerprint density at radius 3 is 1.03 bits per heavy atom. The second-order valence-electron chi connectivity index (χ2n) is 8.25. The molecule has 0 unspecified atom stereocenters. The van der Waals surface area contributed by atoms with Crippen LogP contribution in [-0.2, 0) is 10.6 Å². The molecule has 0 spiro atoms. The zero-order valence-corrected chi connectivity index (χ0v) is 22.6. The van der Waals surface area contributed by atoms with Crippen LogP contribution in [-0.4, -0.2) is 35.2 Å². The molecule has 0 saturated heterocycles. The Hall–Kier alpha value is -3.29. The van der Waals surface area contributed by atoms with Crippen molar-refractivity contribution < 1.29 is 25.0 Å². The molecule has 6 nitrogen and oxygen atoms in total. The summed E-state index contributed by atoms with van der Waals surface area (Å²) < 4.78 is 16.7. The Morgan fingerprint density at radius 1 is 0.500 bits per heavy atom. The van der Waals surface area contributed by atoms with Crippen molar-refractivity contribution in [3.63, 3.8) is 0 Å². The number of hydrogen-bond acceptors (Lipinski definition) is 6. The van der Waals surface area contributed by atoms with E-state index in [1.165, 1.54) is 0 Å². The topological polar surface area (TPSA) is 78.9 Å². The Bertz CT molecular complexity index is 1110. The summed E-state index contributed by atoms with van der Waals surface area (Å²) in [6, 6.07) is 15.8. The van der Waals surface area contributed by atoms with E-state index in [-0.39, 0.29) is 0 Å². The Balaban J connectivity index is 1.90. The molecule has 34 heavy (non-hydrogen) atoms. The maximum absolute atomic E-state index is 12.9. The third-order valence-electron chi connectivity index (χ3n) is 6.08. The van der Waals surface area contributed by atoms with Gasteiger partial charge in [0.05, 0.1) is 0 Å². The predicted molar refractivity (Wildman–Crippen MR) is 130 cm³/mol. The Morgan fingerprint density at radius 2 is 0.765 bits per heavy atom. The van der Waals surface area contributed by atoms with Crippen LogP contribution in [0.5, 0.6) is 0 Å². The summed E-state index contributed by atoms with van der Waals surface area (Å²) in [7, 11) is 0. The third-order valence-corrected chi connectivity index (χ3v) is 8.64. The normalized spacial score (nSPS) is 10.4. The van der Waals surface area contributed by atoms with E-state index in [0.29, 0.717) is 16.7 Å². The number of benzene rings is 3. The fourth-order valence-corrected chi connectivity index (χ4v) is 5.64. The molecule has 0 aromatic heterocycles. The van der Waals surface area contributed by atoms with Gasteiger partial charge in [-0.25, -0.2) is 0 Å². The first-order chi connectivity index (χ1) is 16.1. The molecule has 0 radical (unpaired) electrons. The Labute approximate surface area is 206 Å². The molecular weight excluding hydrogens is 490 g/mol. The average molecular weight is 517 g/mol. The van der Waals surface area contributed by atoms with Crippen LogP contribution in [0, 0.1) is 41.5 Å². The van der Waals surface area contributed by atoms with Crippen molar-refractivity contribution in [1.82, 2.24) is 0 Å². The summed E-state index contributed by atoms with van der Waals surface area (Å²) in [6.45, 7) is 11.1. The molecule has 0 bridgehead atoms. The molecule has 0 N–H and O–H groups in total. The van der Waals surface area contributed by atoms with Gasteiger partial charge in [-0.2, -0.15) is 0 Å². The first-order valence-electron chi connectivity index (χ1n) is 10.9. The van der Waals surface area contributed by atoms with Crippen molar-refractivity contribution in [2.45, 2.75) is 41.5 Å². The molecular formula is C27H27GaO6. The number of carbonyl (C=O) groups is 3. The van der Waals surface area contributed by atoms with Crippen molar-refractivity contribution in [3.05, 3.63) is 105 Å². The Kier molecular flexibility index (Phi) is 8.01. The van der Waals surface area contributed by atoms with E-state index in [2.05, 4.69) is 0 Å². The van der Waals surface area contributed by atoms with Gasteiger partial charge in [0, 0.05) is 0 Å². The summed E-state index contributed by atoms with van der Waals surface area (Å²) in [5.41, 5.74) is 5.99. The zero-order valence-electron chi connectivity index (χ0n) is 20.2. The van der Waals surface area contributed by atoms with Crippen LogP contribution < -0.4 is 0 Å². The molecule has 0 saturated carbocycles. The van der Waals surface area contributed by atoms with E-state index in [4.69, 9.17) is 10.6 Å². The van der Waals surface area contributed by atoms with E-state index in [9.17, 15) is 14.4 Å². The third kappa shape index (κ3) is 5.60. The van der Waals surface area contributed by atoms with Crippen molar-refractivity contribution in [3.8, 4) is 0 Å². The van der Waals surface area contributed by atoms with E-state index in [1.54, 1.807) is 57.2 Å². The van der Waals surface area contributed by atoms with Gasteiger partial charge in [-0.1, -0.05) is 0 Å². The molecule has 3 aromatic rings. The first-order valence-corrected chi connectivity index (χ1v) is 13.9. The second-order valence-corrected chi connectivity index (χ2v) is 10.9. The van der Waals surface area contributed by atoms with Crippen LogP contribution in [0.2, 0.25) is 0 Å². The van der Waals surface area contributed by atoms with Crippen molar-refractivity contribution in [2.75, 3.05) is 0 Å². The molecule has 174 valence electrons. The molecule has 7 heteroatoms. The number of hydrogen-bond donors (Lipinski definition) is 0. The van der Waals surface area contributed by atoms with Gasteiger partial charge in [0.2, 0.25) is 0 Å².